The van der Waals surface area contributed by atoms with Crippen LogP contribution in [0.4, 0.5) is 13.2 Å². The monoisotopic (exact) mass is 306 g/mol. The van der Waals surface area contributed by atoms with Crippen molar-refractivity contribution in [1.82, 2.24) is 9.97 Å². The zero-order valence-corrected chi connectivity index (χ0v) is 10.9. The molecule has 17 heavy (non-hydrogen) atoms. The van der Waals surface area contributed by atoms with Gasteiger partial charge in [0.15, 0.2) is 0 Å². The van der Waals surface area contributed by atoms with Gasteiger partial charge in [0.25, 0.3) is 0 Å². The van der Waals surface area contributed by atoms with Crippen LogP contribution in [0, 0.1) is 13.8 Å². The van der Waals surface area contributed by atoms with Gasteiger partial charge in [-0.15, -0.1) is 0 Å². The van der Waals surface area contributed by atoms with Crippen LogP contribution in [0.15, 0.2) is 18.2 Å². The molecule has 0 radical (unpaired) electrons. The summed E-state index contributed by atoms with van der Waals surface area (Å²) in [7, 11) is 0. The second-order valence-corrected chi connectivity index (χ2v) is 5.98. The van der Waals surface area contributed by atoms with E-state index in [0.717, 1.165) is 11.4 Å². The normalized spacial score (nSPS) is 12.1. The van der Waals surface area contributed by atoms with Crippen LogP contribution in [0.1, 0.15) is 11.4 Å². The number of halogens is 3. The van der Waals surface area contributed by atoms with E-state index >= 15 is 0 Å². The Kier molecular flexibility index (Phi) is 3.10. The SMILES string of the molecule is Cc1nc2ccc([Se]C(F)(F)F)cc2nc1C. The number of rotatable bonds is 1. The molecule has 0 amide bonds. The first kappa shape index (κ1) is 12.3. The van der Waals surface area contributed by atoms with E-state index in [-0.39, 0.29) is 4.46 Å². The molecule has 2 nitrogen and oxygen atoms in total. The molecule has 0 atom stereocenters. The number of alkyl halides is 3. The van der Waals surface area contributed by atoms with Crippen LogP contribution in [0.2, 0.25) is 0 Å². The Morgan fingerprint density at radius 2 is 1.59 bits per heavy atom. The number of fused-ring (bicyclic) bond motifs is 1. The molecular weight excluding hydrogens is 296 g/mol. The van der Waals surface area contributed by atoms with Crippen molar-refractivity contribution in [2.24, 2.45) is 0 Å². The van der Waals surface area contributed by atoms with Crippen molar-refractivity contribution in [3.63, 3.8) is 0 Å². The van der Waals surface area contributed by atoms with Gasteiger partial charge in [-0.05, 0) is 0 Å². The molecular formula is C11H9F3N2Se. The van der Waals surface area contributed by atoms with Gasteiger partial charge in [0.1, 0.15) is 0 Å². The maximum atomic E-state index is 12.3. The van der Waals surface area contributed by atoms with E-state index in [1.807, 2.05) is 6.92 Å². The fourth-order valence-electron chi connectivity index (χ4n) is 1.41. The number of aromatic nitrogens is 2. The second-order valence-electron chi connectivity index (χ2n) is 3.59. The third kappa shape index (κ3) is 2.95. The zero-order chi connectivity index (χ0) is 12.6. The molecule has 0 aliphatic rings. The van der Waals surface area contributed by atoms with Crippen molar-refractivity contribution in [3.8, 4) is 0 Å². The zero-order valence-electron chi connectivity index (χ0n) is 9.17. The fourth-order valence-corrected chi connectivity index (χ4v) is 2.61. The Morgan fingerprint density at radius 3 is 2.18 bits per heavy atom. The van der Waals surface area contributed by atoms with E-state index in [2.05, 4.69) is 9.97 Å². The average Bonchev–Trinajstić information content (AvgIpc) is 2.18. The van der Waals surface area contributed by atoms with Gasteiger partial charge in [0, 0.05) is 0 Å². The third-order valence-electron chi connectivity index (χ3n) is 2.28. The van der Waals surface area contributed by atoms with Gasteiger partial charge in [-0.25, -0.2) is 0 Å². The summed E-state index contributed by atoms with van der Waals surface area (Å²) in [5, 5.41) is -4.13. The van der Waals surface area contributed by atoms with Crippen LogP contribution in [-0.4, -0.2) is 30.0 Å². The van der Waals surface area contributed by atoms with Crippen LogP contribution in [0.3, 0.4) is 0 Å². The summed E-state index contributed by atoms with van der Waals surface area (Å²) in [4.78, 5) is 8.52. The van der Waals surface area contributed by atoms with Crippen molar-refractivity contribution in [1.29, 1.82) is 0 Å². The molecule has 0 saturated heterocycles. The molecule has 2 aromatic rings. The van der Waals surface area contributed by atoms with Gasteiger partial charge in [-0.1, -0.05) is 0 Å². The molecule has 0 fully saturated rings. The van der Waals surface area contributed by atoms with Crippen LogP contribution in [0.5, 0.6) is 0 Å². The molecule has 0 saturated carbocycles. The molecule has 1 aromatic heterocycles. The summed E-state index contributed by atoms with van der Waals surface area (Å²) in [5.41, 5.74) is 2.70. The second kappa shape index (κ2) is 4.27. The first-order valence-corrected chi connectivity index (χ1v) is 6.57. The third-order valence-corrected chi connectivity index (χ3v) is 3.79. The van der Waals surface area contributed by atoms with E-state index in [0.29, 0.717) is 11.0 Å². The summed E-state index contributed by atoms with van der Waals surface area (Å²) in [6, 6.07) is 4.54. The first-order chi connectivity index (χ1) is 7.85. The molecule has 0 N–H and O–H groups in total. The fraction of sp³-hybridized carbons (Fsp3) is 0.273. The average molecular weight is 305 g/mol. The van der Waals surface area contributed by atoms with Gasteiger partial charge in [0.05, 0.1) is 0 Å². The minimum absolute atomic E-state index is 0.273. The quantitative estimate of drug-likeness (QED) is 0.754. The van der Waals surface area contributed by atoms with E-state index in [1.54, 1.807) is 13.0 Å². The van der Waals surface area contributed by atoms with Gasteiger partial charge in [0.2, 0.25) is 0 Å². The summed E-state index contributed by atoms with van der Waals surface area (Å²) in [6.45, 7) is 3.62. The van der Waals surface area contributed by atoms with Gasteiger partial charge >= 0.3 is 102 Å². The molecule has 0 aliphatic carbocycles. The number of aryl methyl sites for hydroxylation is 2. The van der Waals surface area contributed by atoms with Crippen LogP contribution in [-0.2, 0) is 0 Å². The van der Waals surface area contributed by atoms with Gasteiger partial charge in [-0.2, -0.15) is 0 Å². The molecule has 0 unspecified atom stereocenters. The Balaban J connectivity index is 2.47. The molecule has 6 heteroatoms. The maximum absolute atomic E-state index is 12.3. The number of benzene rings is 1. The van der Waals surface area contributed by atoms with Crippen molar-refractivity contribution < 1.29 is 13.2 Å². The standard InChI is InChI=1S/C11H9F3N2Se/c1-6-7(2)16-10-5-8(17-11(12,13)14)3-4-9(10)15-6/h3-5H,1-2H3. The number of hydrogen-bond acceptors (Lipinski definition) is 2. The Bertz CT molecular complexity index is 566. The van der Waals surface area contributed by atoms with Gasteiger partial charge in [-0.3, -0.25) is 0 Å². The Labute approximate surface area is 102 Å². The predicted molar refractivity (Wildman–Crippen MR) is 60.5 cm³/mol. The van der Waals surface area contributed by atoms with Crippen LogP contribution in [0.25, 0.3) is 11.0 Å². The van der Waals surface area contributed by atoms with Crippen molar-refractivity contribution >= 4 is 30.5 Å². The summed E-state index contributed by atoms with van der Waals surface area (Å²) >= 11 is -1.53. The molecule has 0 spiro atoms. The van der Waals surface area contributed by atoms with Crippen LogP contribution >= 0.6 is 0 Å². The molecule has 0 aliphatic heterocycles. The van der Waals surface area contributed by atoms with Gasteiger partial charge < -0.3 is 0 Å². The van der Waals surface area contributed by atoms with Crippen molar-refractivity contribution in [3.05, 3.63) is 29.6 Å². The predicted octanol–water partition coefficient (Wildman–Crippen LogP) is 2.10. The minimum atomic E-state index is -4.13. The van der Waals surface area contributed by atoms with E-state index in [4.69, 9.17) is 0 Å². The summed E-state index contributed by atoms with van der Waals surface area (Å²) in [6.07, 6.45) is 0. The molecule has 90 valence electrons. The molecule has 2 rings (SSSR count). The van der Waals surface area contributed by atoms with Crippen molar-refractivity contribution in [2.45, 2.75) is 18.9 Å². The summed E-state index contributed by atoms with van der Waals surface area (Å²) in [5.74, 6) is 0. The molecule has 1 aromatic carbocycles. The topological polar surface area (TPSA) is 25.8 Å². The first-order valence-electron chi connectivity index (χ1n) is 4.86. The number of hydrogen-bond donors (Lipinski definition) is 0. The molecule has 0 bridgehead atoms. The Hall–Kier alpha value is -1.13. The van der Waals surface area contributed by atoms with Crippen LogP contribution < -0.4 is 4.46 Å². The number of nitrogens with zero attached hydrogens (tertiary/aromatic N) is 2. The van der Waals surface area contributed by atoms with E-state index in [1.165, 1.54) is 12.1 Å². The van der Waals surface area contributed by atoms with E-state index < -0.39 is 20.0 Å². The summed E-state index contributed by atoms with van der Waals surface area (Å²) < 4.78 is 37.1. The Morgan fingerprint density at radius 1 is 1.00 bits per heavy atom. The van der Waals surface area contributed by atoms with E-state index in [9.17, 15) is 13.2 Å². The van der Waals surface area contributed by atoms with Crippen molar-refractivity contribution in [2.75, 3.05) is 0 Å². The molecule has 1 heterocycles.